The number of phenolic OH excluding ortho intramolecular Hbond substituents is 1. The first-order valence-electron chi connectivity index (χ1n) is 7.15. The highest BCUT2D eigenvalue weighted by Crippen LogP contribution is 2.33. The Morgan fingerprint density at radius 2 is 1.45 bits per heavy atom. The van der Waals surface area contributed by atoms with Crippen molar-refractivity contribution in [3.63, 3.8) is 0 Å². The average molecular weight is 288 g/mol. The van der Waals surface area contributed by atoms with Gasteiger partial charge in [0, 0.05) is 5.56 Å². The van der Waals surface area contributed by atoms with Crippen LogP contribution in [0, 0.1) is 6.92 Å². The normalized spacial score (nSPS) is 10.4. The van der Waals surface area contributed by atoms with Crippen molar-refractivity contribution in [2.45, 2.75) is 6.92 Å². The average Bonchev–Trinajstić information content (AvgIpc) is 2.55. The first-order chi connectivity index (χ1) is 10.7. The van der Waals surface area contributed by atoms with E-state index in [-0.39, 0.29) is 11.5 Å². The van der Waals surface area contributed by atoms with Gasteiger partial charge in [-0.2, -0.15) is 0 Å². The lowest BCUT2D eigenvalue weighted by atomic mass is 9.91. The van der Waals surface area contributed by atoms with Gasteiger partial charge in [-0.05, 0) is 29.7 Å². The fourth-order valence-corrected chi connectivity index (χ4v) is 2.59. The van der Waals surface area contributed by atoms with Crippen molar-refractivity contribution in [2.75, 3.05) is 0 Å². The number of ketones is 1. The number of aromatic hydroxyl groups is 1. The van der Waals surface area contributed by atoms with Crippen LogP contribution >= 0.6 is 0 Å². The molecule has 0 aliphatic heterocycles. The third-order valence-corrected chi connectivity index (χ3v) is 3.61. The van der Waals surface area contributed by atoms with Crippen LogP contribution < -0.4 is 0 Å². The van der Waals surface area contributed by atoms with E-state index in [0.717, 1.165) is 16.7 Å². The van der Waals surface area contributed by atoms with E-state index >= 15 is 0 Å². The van der Waals surface area contributed by atoms with Gasteiger partial charge in [0.15, 0.2) is 5.78 Å². The maximum atomic E-state index is 12.8. The number of carbonyl (C=O) groups is 1. The number of rotatable bonds is 3. The molecule has 0 saturated carbocycles. The summed E-state index contributed by atoms with van der Waals surface area (Å²) in [6.07, 6.45) is 0. The summed E-state index contributed by atoms with van der Waals surface area (Å²) in [5.41, 5.74) is 3.51. The standard InChI is InChI=1S/C20H16O2/c1-14-12-17(15-8-4-2-5-9-15)19(18(21)13-14)20(22)16-10-6-3-7-11-16/h2-13,21H,1H3. The maximum Gasteiger partial charge on any atom is 0.197 e. The van der Waals surface area contributed by atoms with Crippen molar-refractivity contribution in [3.05, 3.63) is 89.5 Å². The SMILES string of the molecule is Cc1cc(O)c(C(=O)c2ccccc2)c(-c2ccccc2)c1. The summed E-state index contributed by atoms with van der Waals surface area (Å²) < 4.78 is 0. The van der Waals surface area contributed by atoms with Crippen molar-refractivity contribution >= 4 is 5.78 Å². The Morgan fingerprint density at radius 3 is 2.09 bits per heavy atom. The van der Waals surface area contributed by atoms with Crippen molar-refractivity contribution in [3.8, 4) is 16.9 Å². The fraction of sp³-hybridized carbons (Fsp3) is 0.0500. The summed E-state index contributed by atoms with van der Waals surface area (Å²) in [6, 6.07) is 22.2. The molecule has 0 atom stereocenters. The van der Waals surface area contributed by atoms with Gasteiger partial charge in [-0.25, -0.2) is 0 Å². The second kappa shape index (κ2) is 5.86. The van der Waals surface area contributed by atoms with Crippen LogP contribution in [-0.2, 0) is 0 Å². The molecule has 3 aromatic carbocycles. The summed E-state index contributed by atoms with van der Waals surface area (Å²) in [4.78, 5) is 12.8. The lowest BCUT2D eigenvalue weighted by Gasteiger charge is -2.12. The van der Waals surface area contributed by atoms with Gasteiger partial charge in [-0.3, -0.25) is 4.79 Å². The Balaban J connectivity index is 2.21. The Labute approximate surface area is 129 Å². The lowest BCUT2D eigenvalue weighted by molar-refractivity contribution is 0.103. The van der Waals surface area contributed by atoms with Gasteiger partial charge in [0.2, 0.25) is 0 Å². The molecule has 0 aromatic heterocycles. The minimum atomic E-state index is -0.169. The van der Waals surface area contributed by atoms with Crippen LogP contribution in [0.25, 0.3) is 11.1 Å². The summed E-state index contributed by atoms with van der Waals surface area (Å²) in [5, 5.41) is 10.3. The highest BCUT2D eigenvalue weighted by Gasteiger charge is 2.19. The van der Waals surface area contributed by atoms with Crippen LogP contribution in [0.5, 0.6) is 5.75 Å². The highest BCUT2D eigenvalue weighted by atomic mass is 16.3. The molecule has 1 N–H and O–H groups in total. The summed E-state index contributed by atoms with van der Waals surface area (Å²) in [7, 11) is 0. The van der Waals surface area contributed by atoms with Gasteiger partial charge in [-0.1, -0.05) is 66.7 Å². The Kier molecular flexibility index (Phi) is 3.75. The van der Waals surface area contributed by atoms with Gasteiger partial charge < -0.3 is 5.11 Å². The molecular weight excluding hydrogens is 272 g/mol. The molecule has 0 fully saturated rings. The zero-order valence-electron chi connectivity index (χ0n) is 12.3. The third-order valence-electron chi connectivity index (χ3n) is 3.61. The quantitative estimate of drug-likeness (QED) is 0.715. The van der Waals surface area contributed by atoms with E-state index in [9.17, 15) is 9.90 Å². The number of carbonyl (C=O) groups excluding carboxylic acids is 1. The van der Waals surface area contributed by atoms with Crippen molar-refractivity contribution < 1.29 is 9.90 Å². The molecule has 0 heterocycles. The lowest BCUT2D eigenvalue weighted by Crippen LogP contribution is -2.04. The van der Waals surface area contributed by atoms with Gasteiger partial charge >= 0.3 is 0 Å². The second-order valence-electron chi connectivity index (χ2n) is 5.27. The summed E-state index contributed by atoms with van der Waals surface area (Å²) in [6.45, 7) is 1.91. The highest BCUT2D eigenvalue weighted by molar-refractivity contribution is 6.14. The maximum absolute atomic E-state index is 12.8. The third kappa shape index (κ3) is 2.63. The molecule has 108 valence electrons. The van der Waals surface area contributed by atoms with E-state index in [1.165, 1.54) is 0 Å². The first kappa shape index (κ1) is 14.1. The van der Waals surface area contributed by atoms with E-state index < -0.39 is 0 Å². The molecule has 0 aliphatic carbocycles. The summed E-state index contributed by atoms with van der Waals surface area (Å²) in [5.74, 6) is -0.148. The number of hydrogen-bond acceptors (Lipinski definition) is 2. The predicted octanol–water partition coefficient (Wildman–Crippen LogP) is 4.60. The van der Waals surface area contributed by atoms with Crippen LogP contribution in [0.1, 0.15) is 21.5 Å². The van der Waals surface area contributed by atoms with E-state index in [1.807, 2.05) is 61.5 Å². The largest absolute Gasteiger partial charge is 0.507 e. The smallest absolute Gasteiger partial charge is 0.197 e. The molecule has 3 aromatic rings. The number of phenols is 1. The first-order valence-corrected chi connectivity index (χ1v) is 7.15. The van der Waals surface area contributed by atoms with Crippen LogP contribution in [-0.4, -0.2) is 10.9 Å². The van der Waals surface area contributed by atoms with E-state index in [1.54, 1.807) is 18.2 Å². The van der Waals surface area contributed by atoms with Gasteiger partial charge in [0.05, 0.1) is 5.56 Å². The predicted molar refractivity (Wildman–Crippen MR) is 88.2 cm³/mol. The minimum absolute atomic E-state index is 0.0210. The van der Waals surface area contributed by atoms with Crippen molar-refractivity contribution in [1.29, 1.82) is 0 Å². The van der Waals surface area contributed by atoms with Gasteiger partial charge in [-0.15, -0.1) is 0 Å². The van der Waals surface area contributed by atoms with E-state index in [0.29, 0.717) is 11.1 Å². The van der Waals surface area contributed by atoms with Gasteiger partial charge in [0.25, 0.3) is 0 Å². The molecule has 2 nitrogen and oxygen atoms in total. The molecule has 0 bridgehead atoms. The molecule has 0 radical (unpaired) electrons. The van der Waals surface area contributed by atoms with E-state index in [4.69, 9.17) is 0 Å². The molecule has 22 heavy (non-hydrogen) atoms. The Hall–Kier alpha value is -2.87. The molecule has 2 heteroatoms. The van der Waals surface area contributed by atoms with Crippen LogP contribution in [0.4, 0.5) is 0 Å². The minimum Gasteiger partial charge on any atom is -0.507 e. The zero-order valence-corrected chi connectivity index (χ0v) is 12.3. The topological polar surface area (TPSA) is 37.3 Å². The molecular formula is C20H16O2. The Morgan fingerprint density at radius 1 is 0.864 bits per heavy atom. The van der Waals surface area contributed by atoms with Crippen LogP contribution in [0.3, 0.4) is 0 Å². The monoisotopic (exact) mass is 288 g/mol. The second-order valence-corrected chi connectivity index (χ2v) is 5.27. The molecule has 0 aliphatic rings. The Bertz CT molecular complexity index is 806. The fourth-order valence-electron chi connectivity index (χ4n) is 2.59. The summed E-state index contributed by atoms with van der Waals surface area (Å²) >= 11 is 0. The molecule has 0 spiro atoms. The molecule has 0 amide bonds. The van der Waals surface area contributed by atoms with Crippen LogP contribution in [0.2, 0.25) is 0 Å². The van der Waals surface area contributed by atoms with Gasteiger partial charge in [0.1, 0.15) is 5.75 Å². The molecule has 3 rings (SSSR count). The number of benzene rings is 3. The van der Waals surface area contributed by atoms with E-state index in [2.05, 4.69) is 0 Å². The van der Waals surface area contributed by atoms with Crippen molar-refractivity contribution in [1.82, 2.24) is 0 Å². The zero-order chi connectivity index (χ0) is 15.5. The number of aryl methyl sites for hydroxylation is 1. The molecule has 0 unspecified atom stereocenters. The number of hydrogen-bond donors (Lipinski definition) is 1. The van der Waals surface area contributed by atoms with Crippen molar-refractivity contribution in [2.24, 2.45) is 0 Å². The van der Waals surface area contributed by atoms with Crippen LogP contribution in [0.15, 0.2) is 72.8 Å². The molecule has 0 saturated heterocycles.